The largest absolute Gasteiger partial charge is 0.467 e. The van der Waals surface area contributed by atoms with Gasteiger partial charge in [0.25, 0.3) is 0 Å². The lowest BCUT2D eigenvalue weighted by molar-refractivity contribution is -0.113. The summed E-state index contributed by atoms with van der Waals surface area (Å²) in [5.74, 6) is 1.48. The molecule has 0 aliphatic heterocycles. The Balaban J connectivity index is 1.52. The number of nitrogens with one attached hydrogen (secondary N) is 1. The van der Waals surface area contributed by atoms with Crippen LogP contribution in [-0.4, -0.2) is 31.4 Å². The van der Waals surface area contributed by atoms with E-state index in [-0.39, 0.29) is 11.7 Å². The highest BCUT2D eigenvalue weighted by atomic mass is 35.5. The van der Waals surface area contributed by atoms with E-state index < -0.39 is 0 Å². The number of aromatic nitrogens is 4. The highest BCUT2D eigenvalue weighted by Crippen LogP contribution is 2.26. The first-order valence-electron chi connectivity index (χ1n) is 9.15. The summed E-state index contributed by atoms with van der Waals surface area (Å²) in [5, 5.41) is 12.8. The van der Waals surface area contributed by atoms with Gasteiger partial charge in [-0.2, -0.15) is 0 Å². The number of hydrogen-bond donors (Lipinski definition) is 1. The summed E-state index contributed by atoms with van der Waals surface area (Å²) in [5.41, 5.74) is 2.41. The Morgan fingerprint density at radius 1 is 1.17 bits per heavy atom. The molecule has 0 fully saturated rings. The third kappa shape index (κ3) is 4.55. The van der Waals surface area contributed by atoms with Crippen molar-refractivity contribution in [2.24, 2.45) is 0 Å². The van der Waals surface area contributed by atoms with Gasteiger partial charge in [-0.15, -0.1) is 10.2 Å². The fraction of sp³-hybridized carbons (Fsp3) is 0.143. The van der Waals surface area contributed by atoms with Crippen LogP contribution in [0.2, 0.25) is 5.02 Å². The summed E-state index contributed by atoms with van der Waals surface area (Å²) >= 11 is 7.44. The van der Waals surface area contributed by atoms with E-state index in [4.69, 9.17) is 16.0 Å². The minimum Gasteiger partial charge on any atom is -0.467 e. The van der Waals surface area contributed by atoms with Crippen molar-refractivity contribution >= 4 is 35.0 Å². The smallest absolute Gasteiger partial charge is 0.234 e. The normalized spacial score (nSPS) is 10.9. The summed E-state index contributed by atoms with van der Waals surface area (Å²) in [4.78, 5) is 16.5. The Bertz CT molecular complexity index is 1150. The van der Waals surface area contributed by atoms with Gasteiger partial charge < -0.3 is 9.73 Å². The molecule has 0 bridgehead atoms. The molecule has 0 aliphatic carbocycles. The van der Waals surface area contributed by atoms with Gasteiger partial charge in [-0.05, 0) is 48.9 Å². The number of benzene rings is 1. The second kappa shape index (κ2) is 9.15. The highest BCUT2D eigenvalue weighted by molar-refractivity contribution is 7.99. The molecule has 1 amide bonds. The molecule has 1 N–H and O–H groups in total. The zero-order chi connectivity index (χ0) is 20.9. The van der Waals surface area contributed by atoms with Gasteiger partial charge in [0, 0.05) is 28.7 Å². The number of rotatable bonds is 7. The van der Waals surface area contributed by atoms with E-state index in [1.165, 1.54) is 11.8 Å². The van der Waals surface area contributed by atoms with Crippen LogP contribution in [0.4, 0.5) is 5.69 Å². The van der Waals surface area contributed by atoms with Crippen LogP contribution in [0.1, 0.15) is 11.3 Å². The summed E-state index contributed by atoms with van der Waals surface area (Å²) in [6.45, 7) is 2.32. The topological polar surface area (TPSA) is 85.8 Å². The molecule has 9 heteroatoms. The molecule has 0 saturated heterocycles. The third-order valence-electron chi connectivity index (χ3n) is 4.42. The number of amides is 1. The fourth-order valence-electron chi connectivity index (χ4n) is 2.87. The Labute approximate surface area is 182 Å². The van der Waals surface area contributed by atoms with Crippen LogP contribution >= 0.6 is 23.4 Å². The number of thioether (sulfide) groups is 1. The van der Waals surface area contributed by atoms with Gasteiger partial charge in [0.05, 0.1) is 18.6 Å². The molecule has 0 spiro atoms. The molecule has 4 aromatic rings. The number of anilines is 1. The van der Waals surface area contributed by atoms with Crippen molar-refractivity contribution in [2.45, 2.75) is 18.6 Å². The Morgan fingerprint density at radius 2 is 2.00 bits per heavy atom. The van der Waals surface area contributed by atoms with Gasteiger partial charge in [0.1, 0.15) is 5.76 Å². The molecule has 0 atom stereocenters. The molecule has 0 unspecified atom stereocenters. The maximum Gasteiger partial charge on any atom is 0.234 e. The number of carbonyl (C=O) groups excluding carboxylic acids is 1. The number of nitrogens with zero attached hydrogens (tertiary/aromatic N) is 4. The van der Waals surface area contributed by atoms with Crippen LogP contribution in [0.5, 0.6) is 0 Å². The van der Waals surface area contributed by atoms with Gasteiger partial charge in [-0.3, -0.25) is 14.3 Å². The second-order valence-electron chi connectivity index (χ2n) is 6.46. The van der Waals surface area contributed by atoms with Crippen molar-refractivity contribution in [3.63, 3.8) is 0 Å². The van der Waals surface area contributed by atoms with Gasteiger partial charge in [0.15, 0.2) is 11.0 Å². The highest BCUT2D eigenvalue weighted by Gasteiger charge is 2.17. The van der Waals surface area contributed by atoms with Crippen molar-refractivity contribution in [1.82, 2.24) is 19.7 Å². The predicted molar refractivity (Wildman–Crippen MR) is 117 cm³/mol. The molecule has 3 aromatic heterocycles. The van der Waals surface area contributed by atoms with E-state index >= 15 is 0 Å². The first-order chi connectivity index (χ1) is 14.6. The average Bonchev–Trinajstić information content (AvgIpc) is 3.41. The minimum absolute atomic E-state index is 0.150. The van der Waals surface area contributed by atoms with E-state index in [1.54, 1.807) is 30.8 Å². The van der Waals surface area contributed by atoms with E-state index in [0.29, 0.717) is 28.2 Å². The lowest BCUT2D eigenvalue weighted by Crippen LogP contribution is -2.15. The predicted octanol–water partition coefficient (Wildman–Crippen LogP) is 4.67. The van der Waals surface area contributed by atoms with E-state index in [0.717, 1.165) is 16.9 Å². The summed E-state index contributed by atoms with van der Waals surface area (Å²) in [6.07, 6.45) is 5.03. The van der Waals surface area contributed by atoms with Crippen LogP contribution in [0, 0.1) is 6.92 Å². The van der Waals surface area contributed by atoms with Crippen LogP contribution in [0.25, 0.3) is 11.4 Å². The van der Waals surface area contributed by atoms with Gasteiger partial charge >= 0.3 is 0 Å². The summed E-state index contributed by atoms with van der Waals surface area (Å²) in [7, 11) is 0. The van der Waals surface area contributed by atoms with Crippen LogP contribution < -0.4 is 5.32 Å². The maximum atomic E-state index is 12.5. The average molecular weight is 440 g/mol. The quantitative estimate of drug-likeness (QED) is 0.421. The molecule has 7 nitrogen and oxygen atoms in total. The van der Waals surface area contributed by atoms with Crippen molar-refractivity contribution in [3.8, 4) is 11.4 Å². The molecule has 4 rings (SSSR count). The lowest BCUT2D eigenvalue weighted by atomic mass is 10.2. The van der Waals surface area contributed by atoms with Crippen molar-refractivity contribution in [2.75, 3.05) is 11.1 Å². The summed E-state index contributed by atoms with van der Waals surface area (Å²) in [6, 6.07) is 12.9. The fourth-order valence-corrected chi connectivity index (χ4v) is 3.78. The lowest BCUT2D eigenvalue weighted by Gasteiger charge is -2.10. The molecular formula is C21H18ClN5O2S. The van der Waals surface area contributed by atoms with Gasteiger partial charge in [-0.1, -0.05) is 29.4 Å². The second-order valence-corrected chi connectivity index (χ2v) is 7.81. The number of carbonyl (C=O) groups is 1. The monoisotopic (exact) mass is 439 g/mol. The SMILES string of the molecule is Cc1c(Cl)cccc1NC(=O)CSc1nnc(-c2ccncc2)n1Cc1ccco1. The summed E-state index contributed by atoms with van der Waals surface area (Å²) < 4.78 is 7.42. The van der Waals surface area contributed by atoms with Crippen molar-refractivity contribution in [1.29, 1.82) is 0 Å². The van der Waals surface area contributed by atoms with Crippen LogP contribution in [0.15, 0.2) is 70.7 Å². The Morgan fingerprint density at radius 3 is 2.77 bits per heavy atom. The van der Waals surface area contributed by atoms with Crippen molar-refractivity contribution in [3.05, 3.63) is 77.5 Å². The van der Waals surface area contributed by atoms with Gasteiger partial charge in [-0.25, -0.2) is 0 Å². The zero-order valence-corrected chi connectivity index (χ0v) is 17.7. The molecule has 0 saturated carbocycles. The third-order valence-corrected chi connectivity index (χ3v) is 5.80. The maximum absolute atomic E-state index is 12.5. The van der Waals surface area contributed by atoms with E-state index in [9.17, 15) is 4.79 Å². The molecule has 0 aliphatic rings. The molecule has 3 heterocycles. The molecule has 152 valence electrons. The Kier molecular flexibility index (Phi) is 6.15. The molecule has 1 aromatic carbocycles. The number of hydrogen-bond acceptors (Lipinski definition) is 6. The molecule has 30 heavy (non-hydrogen) atoms. The van der Waals surface area contributed by atoms with Crippen LogP contribution in [0.3, 0.4) is 0 Å². The Hall–Kier alpha value is -3.10. The van der Waals surface area contributed by atoms with Crippen molar-refractivity contribution < 1.29 is 9.21 Å². The van der Waals surface area contributed by atoms with Crippen LogP contribution in [-0.2, 0) is 11.3 Å². The first kappa shape index (κ1) is 20.2. The van der Waals surface area contributed by atoms with E-state index in [2.05, 4.69) is 20.5 Å². The van der Waals surface area contributed by atoms with Gasteiger partial charge in [0.2, 0.25) is 5.91 Å². The molecule has 0 radical (unpaired) electrons. The van der Waals surface area contributed by atoms with E-state index in [1.807, 2.05) is 41.8 Å². The minimum atomic E-state index is -0.150. The standard InChI is InChI=1S/C21H18ClN5O2S/c1-14-17(22)5-2-6-18(14)24-19(28)13-30-21-26-25-20(15-7-9-23-10-8-15)27(21)12-16-4-3-11-29-16/h2-11H,12-13H2,1H3,(H,24,28). The zero-order valence-electron chi connectivity index (χ0n) is 16.1. The number of halogens is 1. The number of pyridine rings is 1. The molecular weight excluding hydrogens is 422 g/mol. The first-order valence-corrected chi connectivity index (χ1v) is 10.5. The number of furan rings is 1.